The van der Waals surface area contributed by atoms with E-state index < -0.39 is 0 Å². The van der Waals surface area contributed by atoms with Gasteiger partial charge in [0, 0.05) is 0 Å². The van der Waals surface area contributed by atoms with E-state index in [0.29, 0.717) is 23.0 Å². The van der Waals surface area contributed by atoms with Gasteiger partial charge in [-0.3, -0.25) is 0 Å². The first-order chi connectivity index (χ1) is 10.2. The molecule has 0 aliphatic rings. The molecule has 2 aromatic rings. The SMILES string of the molecule is N#Cc1ccc(C(N=C=[Se])=NCc2ccc(Cl)cc2)cc1. The summed E-state index contributed by atoms with van der Waals surface area (Å²) < 4.78 is 2.62. The van der Waals surface area contributed by atoms with Gasteiger partial charge in [-0.05, 0) is 0 Å². The fraction of sp³-hybridized carbons (Fsp3) is 0.0625. The van der Waals surface area contributed by atoms with Gasteiger partial charge in [0.25, 0.3) is 0 Å². The molecule has 0 radical (unpaired) electrons. The van der Waals surface area contributed by atoms with E-state index in [4.69, 9.17) is 16.9 Å². The molecular weight excluding hydrogens is 349 g/mol. The Kier molecular flexibility index (Phi) is 5.63. The van der Waals surface area contributed by atoms with E-state index in [1.54, 1.807) is 12.1 Å². The van der Waals surface area contributed by atoms with E-state index in [1.165, 1.54) is 0 Å². The van der Waals surface area contributed by atoms with Crippen LogP contribution in [-0.4, -0.2) is 26.1 Å². The van der Waals surface area contributed by atoms with Crippen LogP contribution in [0.15, 0.2) is 58.5 Å². The van der Waals surface area contributed by atoms with Crippen molar-refractivity contribution >= 4 is 37.7 Å². The molecule has 0 fully saturated rings. The summed E-state index contributed by atoms with van der Waals surface area (Å²) in [4.78, 5) is 8.60. The van der Waals surface area contributed by atoms with Crippen molar-refractivity contribution in [3.63, 3.8) is 0 Å². The van der Waals surface area contributed by atoms with Gasteiger partial charge in [-0.2, -0.15) is 0 Å². The van der Waals surface area contributed by atoms with Gasteiger partial charge in [-0.15, -0.1) is 0 Å². The van der Waals surface area contributed by atoms with Crippen molar-refractivity contribution in [3.05, 3.63) is 70.2 Å². The zero-order chi connectivity index (χ0) is 15.1. The number of benzene rings is 2. The number of hydrogen-bond donors (Lipinski definition) is 0. The van der Waals surface area contributed by atoms with Crippen molar-refractivity contribution < 1.29 is 0 Å². The summed E-state index contributed by atoms with van der Waals surface area (Å²) in [5.74, 6) is 0.563. The molecule has 0 unspecified atom stereocenters. The summed E-state index contributed by atoms with van der Waals surface area (Å²) in [6.45, 7) is 0.498. The molecule has 3 nitrogen and oxygen atoms in total. The van der Waals surface area contributed by atoms with Crippen molar-refractivity contribution in [1.29, 1.82) is 5.26 Å². The number of amidine groups is 1. The summed E-state index contributed by atoms with van der Waals surface area (Å²) in [6.07, 6.45) is 0. The van der Waals surface area contributed by atoms with Crippen LogP contribution in [0.4, 0.5) is 0 Å². The van der Waals surface area contributed by atoms with Crippen LogP contribution < -0.4 is 0 Å². The molecule has 5 heteroatoms. The van der Waals surface area contributed by atoms with Gasteiger partial charge in [0.05, 0.1) is 0 Å². The molecule has 0 aliphatic carbocycles. The third kappa shape index (κ3) is 4.49. The van der Waals surface area contributed by atoms with E-state index in [1.807, 2.05) is 36.4 Å². The van der Waals surface area contributed by atoms with E-state index >= 15 is 0 Å². The first-order valence-corrected chi connectivity index (χ1v) is 7.33. The topological polar surface area (TPSA) is 48.5 Å². The molecule has 102 valence electrons. The van der Waals surface area contributed by atoms with Crippen LogP contribution >= 0.6 is 11.6 Å². The van der Waals surface area contributed by atoms with Gasteiger partial charge in [0.1, 0.15) is 0 Å². The Bertz CT molecular complexity index is 737. The van der Waals surface area contributed by atoms with Gasteiger partial charge in [-0.25, -0.2) is 0 Å². The van der Waals surface area contributed by atoms with Gasteiger partial charge >= 0.3 is 136 Å². The molecule has 0 spiro atoms. The number of nitrogens with zero attached hydrogens (tertiary/aromatic N) is 3. The minimum atomic E-state index is 0.498. The number of nitriles is 1. The molecule has 0 amide bonds. The Hall–Kier alpha value is -2.01. The second kappa shape index (κ2) is 7.69. The molecule has 0 saturated carbocycles. The standard InChI is InChI=1S/C16H10ClN3Se/c17-15-7-3-13(4-8-15)10-19-16(20-11-21)14-5-1-12(9-18)2-6-14/h1-8H,10H2. The van der Waals surface area contributed by atoms with Crippen molar-refractivity contribution in [2.45, 2.75) is 6.54 Å². The predicted molar refractivity (Wildman–Crippen MR) is 86.0 cm³/mol. The van der Waals surface area contributed by atoms with Crippen LogP contribution in [0.2, 0.25) is 5.02 Å². The molecule has 0 N–H and O–H groups in total. The monoisotopic (exact) mass is 359 g/mol. The number of hydrogen-bond acceptors (Lipinski definition) is 2. The third-order valence-electron chi connectivity index (χ3n) is 2.75. The summed E-state index contributed by atoms with van der Waals surface area (Å²) in [5.41, 5.74) is 2.48. The van der Waals surface area contributed by atoms with Gasteiger partial charge in [-0.1, -0.05) is 0 Å². The van der Waals surface area contributed by atoms with E-state index in [0.717, 1.165) is 11.1 Å². The van der Waals surface area contributed by atoms with Gasteiger partial charge in [0.15, 0.2) is 0 Å². The second-order valence-corrected chi connectivity index (χ2v) is 4.98. The Morgan fingerprint density at radius 3 is 2.33 bits per heavy atom. The Labute approximate surface area is 136 Å². The maximum absolute atomic E-state index is 8.81. The summed E-state index contributed by atoms with van der Waals surface area (Å²) in [6, 6.07) is 16.7. The summed E-state index contributed by atoms with van der Waals surface area (Å²) in [7, 11) is 0. The molecule has 2 rings (SSSR count). The van der Waals surface area contributed by atoms with Crippen LogP contribution in [0.25, 0.3) is 0 Å². The van der Waals surface area contributed by atoms with Crippen LogP contribution in [0, 0.1) is 11.3 Å². The van der Waals surface area contributed by atoms with E-state index in [-0.39, 0.29) is 0 Å². The first-order valence-electron chi connectivity index (χ1n) is 6.10. The van der Waals surface area contributed by atoms with E-state index in [9.17, 15) is 0 Å². The van der Waals surface area contributed by atoms with Crippen LogP contribution in [0.3, 0.4) is 0 Å². The average molecular weight is 359 g/mol. The quantitative estimate of drug-likeness (QED) is 0.472. The zero-order valence-electron chi connectivity index (χ0n) is 11.0. The molecule has 0 atom stereocenters. The average Bonchev–Trinajstić information content (AvgIpc) is 2.53. The van der Waals surface area contributed by atoms with Crippen LogP contribution in [-0.2, 0) is 6.54 Å². The Morgan fingerprint density at radius 1 is 1.10 bits per heavy atom. The van der Waals surface area contributed by atoms with E-state index in [2.05, 4.69) is 36.3 Å². The first kappa shape index (κ1) is 15.4. The van der Waals surface area contributed by atoms with Gasteiger partial charge < -0.3 is 0 Å². The maximum atomic E-state index is 8.81. The Morgan fingerprint density at radius 2 is 1.76 bits per heavy atom. The summed E-state index contributed by atoms with van der Waals surface area (Å²) >= 11 is 8.46. The minimum absolute atomic E-state index is 0.498. The number of halogens is 1. The molecule has 2 aromatic carbocycles. The van der Waals surface area contributed by atoms with Crippen LogP contribution in [0.1, 0.15) is 16.7 Å². The zero-order valence-corrected chi connectivity index (χ0v) is 13.4. The molecule has 0 heterocycles. The number of aliphatic imine (C=N–C) groups is 2. The number of rotatable bonds is 3. The molecule has 0 aliphatic heterocycles. The summed E-state index contributed by atoms with van der Waals surface area (Å²) in [5, 5.41) is 9.51. The Balaban J connectivity index is 2.25. The fourth-order valence-electron chi connectivity index (χ4n) is 1.68. The van der Waals surface area contributed by atoms with Crippen molar-refractivity contribution in [2.24, 2.45) is 9.98 Å². The van der Waals surface area contributed by atoms with Crippen molar-refractivity contribution in [1.82, 2.24) is 0 Å². The normalized spacial score (nSPS) is 10.6. The van der Waals surface area contributed by atoms with Crippen LogP contribution in [0.5, 0.6) is 0 Å². The third-order valence-corrected chi connectivity index (χ3v) is 3.19. The predicted octanol–water partition coefficient (Wildman–Crippen LogP) is 3.23. The second-order valence-electron chi connectivity index (χ2n) is 4.16. The van der Waals surface area contributed by atoms with Gasteiger partial charge in [0.2, 0.25) is 0 Å². The molecule has 21 heavy (non-hydrogen) atoms. The van der Waals surface area contributed by atoms with Crippen molar-refractivity contribution in [3.8, 4) is 6.07 Å². The molecule has 0 aromatic heterocycles. The van der Waals surface area contributed by atoms with Crippen molar-refractivity contribution in [2.75, 3.05) is 0 Å². The molecule has 0 bridgehead atoms. The fourth-order valence-corrected chi connectivity index (χ4v) is 1.99. The molecular formula is C16H10ClN3Se. The molecule has 0 saturated heterocycles.